The molecule has 0 aromatic carbocycles. The van der Waals surface area contributed by atoms with Gasteiger partial charge < -0.3 is 4.74 Å². The van der Waals surface area contributed by atoms with Crippen LogP contribution in [0.15, 0.2) is 4.79 Å². The fourth-order valence-corrected chi connectivity index (χ4v) is 1.83. The Labute approximate surface area is 108 Å². The van der Waals surface area contributed by atoms with E-state index < -0.39 is 0 Å². The number of aromatic nitrogens is 4. The van der Waals surface area contributed by atoms with Gasteiger partial charge in [0, 0.05) is 13.5 Å². The number of aryl methyl sites for hydroxylation is 1. The van der Waals surface area contributed by atoms with Gasteiger partial charge in [0.25, 0.3) is 0 Å². The molecule has 8 heteroatoms. The van der Waals surface area contributed by atoms with Crippen molar-refractivity contribution in [1.29, 1.82) is 0 Å². The number of nitrogens with zero attached hydrogens (tertiary/aromatic N) is 3. The zero-order chi connectivity index (χ0) is 14.0. The van der Waals surface area contributed by atoms with Gasteiger partial charge in [-0.1, -0.05) is 6.92 Å². The molecule has 8 nitrogen and oxygen atoms in total. The SMILES string of the molecule is CCCn1c(=O)[nH]c2nc(NC(C)=O)nc(OC)c21. The molecule has 0 saturated heterocycles. The quantitative estimate of drug-likeness (QED) is 0.838. The van der Waals surface area contributed by atoms with Gasteiger partial charge in [-0.15, -0.1) is 0 Å². The van der Waals surface area contributed by atoms with Gasteiger partial charge in [0.15, 0.2) is 11.2 Å². The van der Waals surface area contributed by atoms with Crippen LogP contribution in [-0.2, 0) is 11.3 Å². The lowest BCUT2D eigenvalue weighted by Crippen LogP contribution is -2.16. The number of carbonyl (C=O) groups is 1. The number of anilines is 1. The van der Waals surface area contributed by atoms with E-state index in [1.807, 2.05) is 6.92 Å². The van der Waals surface area contributed by atoms with Crippen LogP contribution in [0.25, 0.3) is 11.2 Å². The Morgan fingerprint density at radius 3 is 2.79 bits per heavy atom. The first kappa shape index (κ1) is 13.1. The lowest BCUT2D eigenvalue weighted by atomic mass is 10.4. The van der Waals surface area contributed by atoms with E-state index in [4.69, 9.17) is 4.74 Å². The van der Waals surface area contributed by atoms with Gasteiger partial charge in [-0.3, -0.25) is 19.7 Å². The smallest absolute Gasteiger partial charge is 0.327 e. The number of fused-ring (bicyclic) bond motifs is 1. The molecule has 0 radical (unpaired) electrons. The molecular formula is C11H15N5O3. The zero-order valence-electron chi connectivity index (χ0n) is 11.0. The highest BCUT2D eigenvalue weighted by Gasteiger charge is 2.16. The second-order valence-electron chi connectivity index (χ2n) is 4.02. The van der Waals surface area contributed by atoms with Crippen LogP contribution in [0.2, 0.25) is 0 Å². The fourth-order valence-electron chi connectivity index (χ4n) is 1.83. The number of imidazole rings is 1. The third kappa shape index (κ3) is 2.42. The Bertz CT molecular complexity index is 673. The van der Waals surface area contributed by atoms with E-state index in [0.29, 0.717) is 17.7 Å². The molecule has 0 aliphatic rings. The minimum atomic E-state index is -0.295. The molecule has 2 heterocycles. The molecule has 2 N–H and O–H groups in total. The van der Waals surface area contributed by atoms with Crippen molar-refractivity contribution in [3.8, 4) is 5.88 Å². The van der Waals surface area contributed by atoms with E-state index in [2.05, 4.69) is 20.3 Å². The summed E-state index contributed by atoms with van der Waals surface area (Å²) < 4.78 is 6.69. The largest absolute Gasteiger partial charge is 0.479 e. The average Bonchev–Trinajstić information content (AvgIpc) is 2.64. The minimum absolute atomic E-state index is 0.0988. The minimum Gasteiger partial charge on any atom is -0.479 e. The molecule has 2 rings (SSSR count). The van der Waals surface area contributed by atoms with Crippen LogP contribution in [0.5, 0.6) is 5.88 Å². The van der Waals surface area contributed by atoms with Crippen molar-refractivity contribution in [1.82, 2.24) is 19.5 Å². The Kier molecular flexibility index (Phi) is 3.50. The van der Waals surface area contributed by atoms with E-state index in [1.165, 1.54) is 18.6 Å². The van der Waals surface area contributed by atoms with Crippen molar-refractivity contribution >= 4 is 23.0 Å². The summed E-state index contributed by atoms with van der Waals surface area (Å²) in [6.45, 7) is 3.85. The van der Waals surface area contributed by atoms with Crippen LogP contribution >= 0.6 is 0 Å². The molecule has 2 aromatic rings. The number of methoxy groups -OCH3 is 1. The standard InChI is InChI=1S/C11H15N5O3/c1-4-5-16-7-8(14-11(16)18)13-10(12-6(2)17)15-9(7)19-3/h4-5H2,1-3H3,(H2,12,13,14,15,17,18). The zero-order valence-corrected chi connectivity index (χ0v) is 11.0. The molecule has 0 unspecified atom stereocenters. The van der Waals surface area contributed by atoms with Crippen LogP contribution in [0, 0.1) is 0 Å². The molecule has 0 aliphatic carbocycles. The topological polar surface area (TPSA) is 102 Å². The second-order valence-corrected chi connectivity index (χ2v) is 4.02. The van der Waals surface area contributed by atoms with Crippen molar-refractivity contribution < 1.29 is 9.53 Å². The first-order chi connectivity index (χ1) is 9.06. The molecule has 2 aromatic heterocycles. The molecule has 1 amide bonds. The summed E-state index contributed by atoms with van der Waals surface area (Å²) in [5.74, 6) is 0.0547. The lowest BCUT2D eigenvalue weighted by molar-refractivity contribution is -0.114. The molecular weight excluding hydrogens is 250 g/mol. The number of rotatable bonds is 4. The van der Waals surface area contributed by atoms with E-state index >= 15 is 0 Å². The number of amides is 1. The maximum atomic E-state index is 11.8. The molecule has 0 fully saturated rings. The number of H-pyrrole nitrogens is 1. The first-order valence-corrected chi connectivity index (χ1v) is 5.89. The van der Waals surface area contributed by atoms with Crippen molar-refractivity contribution in [2.75, 3.05) is 12.4 Å². The van der Waals surface area contributed by atoms with Gasteiger partial charge in [-0.2, -0.15) is 9.97 Å². The molecule has 0 aliphatic heterocycles. The summed E-state index contributed by atoms with van der Waals surface area (Å²) in [6, 6.07) is 0. The average molecular weight is 265 g/mol. The first-order valence-electron chi connectivity index (χ1n) is 5.89. The van der Waals surface area contributed by atoms with E-state index in [-0.39, 0.29) is 23.4 Å². The van der Waals surface area contributed by atoms with Gasteiger partial charge in [-0.05, 0) is 6.42 Å². The third-order valence-corrected chi connectivity index (χ3v) is 2.52. The fraction of sp³-hybridized carbons (Fsp3) is 0.455. The summed E-state index contributed by atoms with van der Waals surface area (Å²) in [5.41, 5.74) is 0.571. The van der Waals surface area contributed by atoms with Crippen LogP contribution < -0.4 is 15.7 Å². The Morgan fingerprint density at radius 1 is 1.47 bits per heavy atom. The normalized spacial score (nSPS) is 10.7. The molecule has 0 spiro atoms. The number of hydrogen-bond acceptors (Lipinski definition) is 5. The van der Waals surface area contributed by atoms with Crippen molar-refractivity contribution in [2.45, 2.75) is 26.8 Å². The molecule has 0 atom stereocenters. The highest BCUT2D eigenvalue weighted by atomic mass is 16.5. The molecule has 0 saturated carbocycles. The Hall–Kier alpha value is -2.38. The van der Waals surface area contributed by atoms with Crippen LogP contribution in [-0.4, -0.2) is 32.5 Å². The summed E-state index contributed by atoms with van der Waals surface area (Å²) in [7, 11) is 1.45. The van der Waals surface area contributed by atoms with E-state index in [9.17, 15) is 9.59 Å². The number of nitrogens with one attached hydrogen (secondary N) is 2. The van der Waals surface area contributed by atoms with Crippen molar-refractivity contribution in [2.24, 2.45) is 0 Å². The van der Waals surface area contributed by atoms with E-state index in [0.717, 1.165) is 6.42 Å². The van der Waals surface area contributed by atoms with Gasteiger partial charge in [0.05, 0.1) is 7.11 Å². The summed E-state index contributed by atoms with van der Waals surface area (Å²) in [4.78, 5) is 33.6. The number of ether oxygens (including phenoxy) is 1. The monoisotopic (exact) mass is 265 g/mol. The lowest BCUT2D eigenvalue weighted by Gasteiger charge is -2.07. The predicted octanol–water partition coefficient (Wildman–Crippen LogP) is 0.497. The predicted molar refractivity (Wildman–Crippen MR) is 69.3 cm³/mol. The highest BCUT2D eigenvalue weighted by molar-refractivity contribution is 5.88. The molecule has 19 heavy (non-hydrogen) atoms. The third-order valence-electron chi connectivity index (χ3n) is 2.52. The molecule has 102 valence electrons. The van der Waals surface area contributed by atoms with E-state index in [1.54, 1.807) is 0 Å². The number of aromatic amines is 1. The van der Waals surface area contributed by atoms with Gasteiger partial charge in [0.1, 0.15) is 0 Å². The summed E-state index contributed by atoms with van der Waals surface area (Å²) in [6.07, 6.45) is 0.795. The Balaban J connectivity index is 2.66. The van der Waals surface area contributed by atoms with Gasteiger partial charge in [-0.25, -0.2) is 4.79 Å². The van der Waals surface area contributed by atoms with Crippen molar-refractivity contribution in [3.63, 3.8) is 0 Å². The van der Waals surface area contributed by atoms with Crippen LogP contribution in [0.3, 0.4) is 0 Å². The number of carbonyl (C=O) groups excluding carboxylic acids is 1. The summed E-state index contributed by atoms with van der Waals surface area (Å²) in [5, 5.41) is 2.46. The summed E-state index contributed by atoms with van der Waals surface area (Å²) >= 11 is 0. The van der Waals surface area contributed by atoms with Gasteiger partial charge >= 0.3 is 5.69 Å². The van der Waals surface area contributed by atoms with Gasteiger partial charge in [0.2, 0.25) is 17.7 Å². The second kappa shape index (κ2) is 5.09. The van der Waals surface area contributed by atoms with Crippen molar-refractivity contribution in [3.05, 3.63) is 10.5 Å². The Morgan fingerprint density at radius 2 is 2.21 bits per heavy atom. The highest BCUT2D eigenvalue weighted by Crippen LogP contribution is 2.21. The molecule has 0 bridgehead atoms. The van der Waals surface area contributed by atoms with Crippen LogP contribution in [0.4, 0.5) is 5.95 Å². The maximum absolute atomic E-state index is 11.8. The van der Waals surface area contributed by atoms with Crippen LogP contribution in [0.1, 0.15) is 20.3 Å². The number of hydrogen-bond donors (Lipinski definition) is 2. The maximum Gasteiger partial charge on any atom is 0.327 e.